The first-order chi connectivity index (χ1) is 7.04. The Kier molecular flexibility index (Phi) is 4.54. The van der Waals surface area contributed by atoms with E-state index in [-0.39, 0.29) is 24.1 Å². The van der Waals surface area contributed by atoms with Gasteiger partial charge < -0.3 is 15.4 Å². The van der Waals surface area contributed by atoms with E-state index in [0.29, 0.717) is 19.6 Å². The molecule has 0 aromatic carbocycles. The Morgan fingerprint density at radius 1 is 1.60 bits per heavy atom. The van der Waals surface area contributed by atoms with E-state index >= 15 is 0 Å². The van der Waals surface area contributed by atoms with Crippen LogP contribution in [0.15, 0.2) is 0 Å². The molecule has 1 aliphatic rings. The van der Waals surface area contributed by atoms with Crippen molar-refractivity contribution in [2.75, 3.05) is 13.2 Å². The van der Waals surface area contributed by atoms with Crippen LogP contribution in [0.1, 0.15) is 33.6 Å². The topological polar surface area (TPSA) is 55.6 Å². The number of carbonyl (C=O) groups is 1. The Morgan fingerprint density at radius 2 is 2.27 bits per heavy atom. The number of hydrogen-bond donors (Lipinski definition) is 1. The van der Waals surface area contributed by atoms with E-state index in [1.165, 1.54) is 0 Å². The van der Waals surface area contributed by atoms with Gasteiger partial charge >= 0.3 is 0 Å². The highest BCUT2D eigenvalue weighted by Gasteiger charge is 2.27. The van der Waals surface area contributed by atoms with Gasteiger partial charge in [-0.05, 0) is 20.3 Å². The van der Waals surface area contributed by atoms with Gasteiger partial charge in [0, 0.05) is 19.0 Å². The second kappa shape index (κ2) is 5.47. The van der Waals surface area contributed by atoms with Crippen molar-refractivity contribution in [1.82, 2.24) is 4.90 Å². The second-order valence-electron chi connectivity index (χ2n) is 4.41. The van der Waals surface area contributed by atoms with Gasteiger partial charge in [0.1, 0.15) is 0 Å². The van der Waals surface area contributed by atoms with Crippen molar-refractivity contribution in [2.24, 2.45) is 5.73 Å². The number of nitrogens with zero attached hydrogens (tertiary/aromatic N) is 1. The average molecular weight is 214 g/mol. The molecule has 1 heterocycles. The van der Waals surface area contributed by atoms with Gasteiger partial charge in [-0.3, -0.25) is 4.79 Å². The molecule has 3 atom stereocenters. The van der Waals surface area contributed by atoms with E-state index in [0.717, 1.165) is 6.42 Å². The zero-order chi connectivity index (χ0) is 11.4. The Balaban J connectivity index is 2.49. The first-order valence-electron chi connectivity index (χ1n) is 5.71. The van der Waals surface area contributed by atoms with Crippen LogP contribution in [0.25, 0.3) is 0 Å². The third-order valence-electron chi connectivity index (χ3n) is 2.89. The highest BCUT2D eigenvalue weighted by atomic mass is 16.5. The first kappa shape index (κ1) is 12.5. The smallest absolute Gasteiger partial charge is 0.224 e. The summed E-state index contributed by atoms with van der Waals surface area (Å²) < 4.78 is 5.48. The molecule has 0 aliphatic carbocycles. The summed E-state index contributed by atoms with van der Waals surface area (Å²) in [4.78, 5) is 13.8. The minimum absolute atomic E-state index is 0.0112. The van der Waals surface area contributed by atoms with Crippen LogP contribution < -0.4 is 5.73 Å². The SMILES string of the molecule is CCC(N)CC(=O)N1CC(C)OCC1C. The molecule has 0 aromatic rings. The molecular formula is C11H22N2O2. The predicted molar refractivity (Wildman–Crippen MR) is 59.5 cm³/mol. The van der Waals surface area contributed by atoms with Crippen LogP contribution in [0.3, 0.4) is 0 Å². The summed E-state index contributed by atoms with van der Waals surface area (Å²) in [6, 6.07) is 0.167. The molecule has 0 radical (unpaired) electrons. The van der Waals surface area contributed by atoms with Gasteiger partial charge in [-0.15, -0.1) is 0 Å². The van der Waals surface area contributed by atoms with E-state index in [4.69, 9.17) is 10.5 Å². The summed E-state index contributed by atoms with van der Waals surface area (Å²) in [5.74, 6) is 0.159. The van der Waals surface area contributed by atoms with Gasteiger partial charge in [0.15, 0.2) is 0 Å². The minimum Gasteiger partial charge on any atom is -0.375 e. The van der Waals surface area contributed by atoms with E-state index < -0.39 is 0 Å². The molecule has 1 aliphatic heterocycles. The van der Waals surface area contributed by atoms with Crippen molar-refractivity contribution in [3.05, 3.63) is 0 Å². The lowest BCUT2D eigenvalue weighted by Gasteiger charge is -2.37. The summed E-state index contributed by atoms with van der Waals surface area (Å²) in [7, 11) is 0. The van der Waals surface area contributed by atoms with Gasteiger partial charge in [0.05, 0.1) is 18.8 Å². The minimum atomic E-state index is -0.0112. The highest BCUT2D eigenvalue weighted by Crippen LogP contribution is 2.13. The van der Waals surface area contributed by atoms with Gasteiger partial charge in [0.2, 0.25) is 5.91 Å². The summed E-state index contributed by atoms with van der Waals surface area (Å²) in [6.07, 6.45) is 1.44. The van der Waals surface area contributed by atoms with Crippen LogP contribution in [-0.4, -0.2) is 42.1 Å². The van der Waals surface area contributed by atoms with E-state index in [1.807, 2.05) is 25.7 Å². The van der Waals surface area contributed by atoms with Crippen molar-refractivity contribution in [1.29, 1.82) is 0 Å². The van der Waals surface area contributed by atoms with Crippen LogP contribution in [-0.2, 0) is 9.53 Å². The maximum absolute atomic E-state index is 11.9. The number of morpholine rings is 1. The average Bonchev–Trinajstić information content (AvgIpc) is 2.21. The van der Waals surface area contributed by atoms with E-state index in [9.17, 15) is 4.79 Å². The molecule has 4 nitrogen and oxygen atoms in total. The molecule has 1 fully saturated rings. The largest absolute Gasteiger partial charge is 0.375 e. The van der Waals surface area contributed by atoms with E-state index in [1.54, 1.807) is 0 Å². The number of amides is 1. The fourth-order valence-electron chi connectivity index (χ4n) is 1.74. The molecular weight excluding hydrogens is 192 g/mol. The molecule has 4 heteroatoms. The molecule has 0 aromatic heterocycles. The molecule has 15 heavy (non-hydrogen) atoms. The van der Waals surface area contributed by atoms with Gasteiger partial charge in [-0.25, -0.2) is 0 Å². The monoisotopic (exact) mass is 214 g/mol. The molecule has 0 saturated carbocycles. The Morgan fingerprint density at radius 3 is 2.87 bits per heavy atom. The quantitative estimate of drug-likeness (QED) is 0.754. The Bertz CT molecular complexity index is 221. The maximum Gasteiger partial charge on any atom is 0.224 e. The predicted octanol–water partition coefficient (Wildman–Crippen LogP) is 0.750. The fourth-order valence-corrected chi connectivity index (χ4v) is 1.74. The number of carbonyl (C=O) groups excluding carboxylic acids is 1. The molecule has 1 saturated heterocycles. The van der Waals surface area contributed by atoms with Crippen LogP contribution in [0.2, 0.25) is 0 Å². The lowest BCUT2D eigenvalue weighted by molar-refractivity contribution is -0.143. The number of rotatable bonds is 3. The standard InChI is InChI=1S/C11H22N2O2/c1-4-10(12)5-11(14)13-6-9(3)15-7-8(13)2/h8-10H,4-7,12H2,1-3H3. The number of hydrogen-bond acceptors (Lipinski definition) is 3. The zero-order valence-electron chi connectivity index (χ0n) is 9.90. The highest BCUT2D eigenvalue weighted by molar-refractivity contribution is 5.77. The molecule has 1 rings (SSSR count). The van der Waals surface area contributed by atoms with Crippen molar-refractivity contribution in [2.45, 2.75) is 51.8 Å². The Hall–Kier alpha value is -0.610. The third-order valence-corrected chi connectivity index (χ3v) is 2.89. The van der Waals surface area contributed by atoms with Crippen molar-refractivity contribution >= 4 is 5.91 Å². The molecule has 3 unspecified atom stereocenters. The lowest BCUT2D eigenvalue weighted by atomic mass is 10.1. The molecule has 0 bridgehead atoms. The van der Waals surface area contributed by atoms with Crippen LogP contribution in [0.4, 0.5) is 0 Å². The zero-order valence-corrected chi connectivity index (χ0v) is 9.90. The summed E-state index contributed by atoms with van der Waals surface area (Å²) >= 11 is 0. The summed E-state index contributed by atoms with van der Waals surface area (Å²) in [5.41, 5.74) is 5.78. The number of nitrogens with two attached hydrogens (primary N) is 1. The van der Waals surface area contributed by atoms with Crippen LogP contribution in [0.5, 0.6) is 0 Å². The third kappa shape index (κ3) is 3.47. The molecule has 0 spiro atoms. The maximum atomic E-state index is 11.9. The van der Waals surface area contributed by atoms with Crippen molar-refractivity contribution < 1.29 is 9.53 Å². The van der Waals surface area contributed by atoms with Crippen LogP contribution >= 0.6 is 0 Å². The molecule has 1 amide bonds. The number of ether oxygens (including phenoxy) is 1. The van der Waals surface area contributed by atoms with Gasteiger partial charge in [-0.2, -0.15) is 0 Å². The second-order valence-corrected chi connectivity index (χ2v) is 4.41. The first-order valence-corrected chi connectivity index (χ1v) is 5.71. The van der Waals surface area contributed by atoms with Crippen LogP contribution in [0, 0.1) is 0 Å². The van der Waals surface area contributed by atoms with Gasteiger partial charge in [-0.1, -0.05) is 6.92 Å². The normalized spacial score (nSPS) is 28.9. The van der Waals surface area contributed by atoms with E-state index in [2.05, 4.69) is 0 Å². The summed E-state index contributed by atoms with van der Waals surface area (Å²) in [5, 5.41) is 0. The lowest BCUT2D eigenvalue weighted by Crippen LogP contribution is -2.51. The molecule has 88 valence electrons. The summed E-state index contributed by atoms with van der Waals surface area (Å²) in [6.45, 7) is 7.33. The van der Waals surface area contributed by atoms with Crippen molar-refractivity contribution in [3.63, 3.8) is 0 Å². The molecule has 2 N–H and O–H groups in total. The van der Waals surface area contributed by atoms with Crippen molar-refractivity contribution in [3.8, 4) is 0 Å². The Labute approximate surface area is 91.8 Å². The van der Waals surface area contributed by atoms with Gasteiger partial charge in [0.25, 0.3) is 0 Å². The fraction of sp³-hybridized carbons (Fsp3) is 0.909.